The molecule has 2 aromatic rings. The number of aromatic nitrogens is 2. The highest BCUT2D eigenvalue weighted by Crippen LogP contribution is 2.34. The molecule has 0 aliphatic rings. The Morgan fingerprint density at radius 1 is 1.43 bits per heavy atom. The van der Waals surface area contributed by atoms with E-state index in [1.165, 1.54) is 0 Å². The lowest BCUT2D eigenvalue weighted by molar-refractivity contribution is 0.416. The van der Waals surface area contributed by atoms with E-state index in [-0.39, 0.29) is 0 Å². The Labute approximate surface area is 86.7 Å². The third-order valence-electron chi connectivity index (χ3n) is 1.96. The predicted octanol–water partition coefficient (Wildman–Crippen LogP) is 2.74. The van der Waals surface area contributed by atoms with Gasteiger partial charge in [0.15, 0.2) is 0 Å². The van der Waals surface area contributed by atoms with Crippen LogP contribution >= 0.6 is 11.6 Å². The monoisotopic (exact) mass is 208 g/mol. The van der Waals surface area contributed by atoms with Crippen molar-refractivity contribution >= 4 is 11.6 Å². The Balaban J connectivity index is 2.58. The zero-order valence-corrected chi connectivity index (χ0v) is 8.38. The molecule has 3 nitrogen and oxygen atoms in total. The van der Waals surface area contributed by atoms with Crippen molar-refractivity contribution in [1.29, 1.82) is 0 Å². The zero-order valence-electron chi connectivity index (χ0n) is 7.62. The van der Waals surface area contributed by atoms with Crippen molar-refractivity contribution in [1.82, 2.24) is 9.97 Å². The fourth-order valence-corrected chi connectivity index (χ4v) is 1.58. The zero-order chi connectivity index (χ0) is 9.97. The Hall–Kier alpha value is -1.48. The Kier molecular flexibility index (Phi) is 2.41. The summed E-state index contributed by atoms with van der Waals surface area (Å²) in [4.78, 5) is 6.96. The van der Waals surface area contributed by atoms with Crippen molar-refractivity contribution in [3.63, 3.8) is 0 Å². The van der Waals surface area contributed by atoms with E-state index in [0.717, 1.165) is 11.3 Å². The number of ether oxygens (including phenoxy) is 1. The number of imidazole rings is 1. The van der Waals surface area contributed by atoms with Crippen LogP contribution < -0.4 is 4.74 Å². The molecule has 1 aromatic heterocycles. The molecule has 0 atom stereocenters. The van der Waals surface area contributed by atoms with Crippen LogP contribution in [0.5, 0.6) is 5.75 Å². The quantitative estimate of drug-likeness (QED) is 0.824. The Morgan fingerprint density at radius 3 is 2.93 bits per heavy atom. The van der Waals surface area contributed by atoms with Crippen molar-refractivity contribution in [2.75, 3.05) is 7.11 Å². The Morgan fingerprint density at radius 2 is 2.29 bits per heavy atom. The van der Waals surface area contributed by atoms with Crippen LogP contribution in [0.15, 0.2) is 30.7 Å². The van der Waals surface area contributed by atoms with Gasteiger partial charge in [-0.3, -0.25) is 0 Å². The molecule has 0 aliphatic heterocycles. The average Bonchev–Trinajstić information content (AvgIpc) is 2.70. The summed E-state index contributed by atoms with van der Waals surface area (Å²) in [5.41, 5.74) is 1.81. The first-order valence-electron chi connectivity index (χ1n) is 4.14. The summed E-state index contributed by atoms with van der Waals surface area (Å²) in [5, 5.41) is 0.597. The van der Waals surface area contributed by atoms with Crippen LogP contribution in [-0.4, -0.2) is 17.1 Å². The Bertz CT molecular complexity index is 426. The molecule has 0 saturated heterocycles. The van der Waals surface area contributed by atoms with Gasteiger partial charge in [0.05, 0.1) is 30.4 Å². The number of hydrogen-bond donors (Lipinski definition) is 1. The van der Waals surface area contributed by atoms with Crippen LogP contribution in [0.1, 0.15) is 0 Å². The molecule has 0 spiro atoms. The van der Waals surface area contributed by atoms with E-state index < -0.39 is 0 Å². The van der Waals surface area contributed by atoms with Crippen molar-refractivity contribution in [2.45, 2.75) is 0 Å². The summed E-state index contributed by atoms with van der Waals surface area (Å²) in [7, 11) is 1.60. The second kappa shape index (κ2) is 3.72. The fraction of sp³-hybridized carbons (Fsp3) is 0.100. The van der Waals surface area contributed by atoms with E-state index >= 15 is 0 Å². The molecule has 72 valence electrons. The SMILES string of the molecule is COc1c(Cl)cccc1-c1cnc[nH]1. The molecule has 4 heteroatoms. The largest absolute Gasteiger partial charge is 0.494 e. The van der Waals surface area contributed by atoms with Crippen LogP contribution in [-0.2, 0) is 0 Å². The summed E-state index contributed by atoms with van der Waals surface area (Å²) in [6, 6.07) is 5.60. The summed E-state index contributed by atoms with van der Waals surface area (Å²) >= 11 is 5.99. The number of hydrogen-bond acceptors (Lipinski definition) is 2. The van der Waals surface area contributed by atoms with E-state index in [1.54, 1.807) is 25.7 Å². The first-order chi connectivity index (χ1) is 6.83. The first kappa shape index (κ1) is 9.09. The minimum Gasteiger partial charge on any atom is -0.494 e. The summed E-state index contributed by atoms with van der Waals surface area (Å²) < 4.78 is 5.22. The molecule has 0 bridgehead atoms. The lowest BCUT2D eigenvalue weighted by Crippen LogP contribution is -1.88. The summed E-state index contributed by atoms with van der Waals surface area (Å²) in [6.07, 6.45) is 3.35. The number of H-pyrrole nitrogens is 1. The number of nitrogens with one attached hydrogen (secondary N) is 1. The molecular weight excluding hydrogens is 200 g/mol. The first-order valence-corrected chi connectivity index (χ1v) is 4.52. The fourth-order valence-electron chi connectivity index (χ4n) is 1.33. The number of methoxy groups -OCH3 is 1. The van der Waals surface area contributed by atoms with Gasteiger partial charge in [0.25, 0.3) is 0 Å². The van der Waals surface area contributed by atoms with E-state index in [1.807, 2.05) is 12.1 Å². The molecule has 14 heavy (non-hydrogen) atoms. The number of para-hydroxylation sites is 1. The molecule has 1 N–H and O–H groups in total. The lowest BCUT2D eigenvalue weighted by atomic mass is 10.1. The van der Waals surface area contributed by atoms with Gasteiger partial charge in [-0.25, -0.2) is 4.98 Å². The van der Waals surface area contributed by atoms with Crippen LogP contribution in [0.2, 0.25) is 5.02 Å². The van der Waals surface area contributed by atoms with Gasteiger partial charge in [0.2, 0.25) is 0 Å². The summed E-state index contributed by atoms with van der Waals surface area (Å²) in [5.74, 6) is 0.665. The average molecular weight is 209 g/mol. The highest BCUT2D eigenvalue weighted by molar-refractivity contribution is 6.32. The topological polar surface area (TPSA) is 37.9 Å². The number of rotatable bonds is 2. The van der Waals surface area contributed by atoms with Gasteiger partial charge in [0.1, 0.15) is 5.75 Å². The molecule has 1 aromatic carbocycles. The number of halogens is 1. The van der Waals surface area contributed by atoms with Crippen LogP contribution in [0.3, 0.4) is 0 Å². The maximum Gasteiger partial charge on any atom is 0.146 e. The highest BCUT2D eigenvalue weighted by Gasteiger charge is 2.09. The molecule has 0 aliphatic carbocycles. The van der Waals surface area contributed by atoms with Gasteiger partial charge >= 0.3 is 0 Å². The summed E-state index contributed by atoms with van der Waals surface area (Å²) in [6.45, 7) is 0. The third-order valence-corrected chi connectivity index (χ3v) is 2.26. The lowest BCUT2D eigenvalue weighted by Gasteiger charge is -2.07. The van der Waals surface area contributed by atoms with Crippen LogP contribution in [0.25, 0.3) is 11.3 Å². The van der Waals surface area contributed by atoms with Gasteiger partial charge < -0.3 is 9.72 Å². The molecule has 0 amide bonds. The normalized spacial score (nSPS) is 10.1. The molecule has 0 fully saturated rings. The number of aromatic amines is 1. The highest BCUT2D eigenvalue weighted by atomic mass is 35.5. The molecule has 1 heterocycles. The molecule has 0 radical (unpaired) electrons. The van der Waals surface area contributed by atoms with Gasteiger partial charge in [-0.1, -0.05) is 17.7 Å². The van der Waals surface area contributed by atoms with Gasteiger partial charge in [-0.15, -0.1) is 0 Å². The maximum absolute atomic E-state index is 5.99. The molecule has 0 saturated carbocycles. The van der Waals surface area contributed by atoms with Crippen LogP contribution in [0, 0.1) is 0 Å². The second-order valence-corrected chi connectivity index (χ2v) is 3.19. The van der Waals surface area contributed by atoms with Crippen molar-refractivity contribution in [2.24, 2.45) is 0 Å². The molecule has 2 rings (SSSR count). The van der Waals surface area contributed by atoms with Gasteiger partial charge in [-0.2, -0.15) is 0 Å². The van der Waals surface area contributed by atoms with E-state index in [4.69, 9.17) is 16.3 Å². The number of nitrogens with zero attached hydrogens (tertiary/aromatic N) is 1. The smallest absolute Gasteiger partial charge is 0.146 e. The standard InChI is InChI=1S/C10H9ClN2O/c1-14-10-7(3-2-4-8(10)11)9-5-12-6-13-9/h2-6H,1H3,(H,12,13). The minimum absolute atomic E-state index is 0.597. The van der Waals surface area contributed by atoms with E-state index in [2.05, 4.69) is 9.97 Å². The van der Waals surface area contributed by atoms with Gasteiger partial charge in [0, 0.05) is 5.56 Å². The van der Waals surface area contributed by atoms with Crippen LogP contribution in [0.4, 0.5) is 0 Å². The van der Waals surface area contributed by atoms with Crippen molar-refractivity contribution < 1.29 is 4.74 Å². The second-order valence-electron chi connectivity index (χ2n) is 2.79. The van der Waals surface area contributed by atoms with Crippen molar-refractivity contribution in [3.05, 3.63) is 35.7 Å². The van der Waals surface area contributed by atoms with E-state index in [9.17, 15) is 0 Å². The molecule has 0 unspecified atom stereocenters. The maximum atomic E-state index is 5.99. The van der Waals surface area contributed by atoms with Crippen molar-refractivity contribution in [3.8, 4) is 17.0 Å². The van der Waals surface area contributed by atoms with E-state index in [0.29, 0.717) is 10.8 Å². The minimum atomic E-state index is 0.597. The molecular formula is C10H9ClN2O. The third kappa shape index (κ3) is 1.46. The predicted molar refractivity (Wildman–Crippen MR) is 55.6 cm³/mol. The van der Waals surface area contributed by atoms with Gasteiger partial charge in [-0.05, 0) is 12.1 Å². The number of benzene rings is 1.